The molecule has 1 atom stereocenters. The summed E-state index contributed by atoms with van der Waals surface area (Å²) in [6, 6.07) is 28.4. The summed E-state index contributed by atoms with van der Waals surface area (Å²) in [5.74, 6) is -0.379. The number of carbonyl (C=O) groups is 2. The minimum atomic E-state index is -1.12. The fourth-order valence-corrected chi connectivity index (χ4v) is 4.14. The summed E-state index contributed by atoms with van der Waals surface area (Å²) in [4.78, 5) is 31.4. The zero-order valence-corrected chi connectivity index (χ0v) is 18.6. The number of amides is 2. The summed E-state index contributed by atoms with van der Waals surface area (Å²) in [5, 5.41) is 7.39. The Labute approximate surface area is 197 Å². The maximum Gasteiger partial charge on any atom is 0.269 e. The smallest absolute Gasteiger partial charge is 0.269 e. The van der Waals surface area contributed by atoms with Crippen LogP contribution in [0.2, 0.25) is 0 Å². The summed E-state index contributed by atoms with van der Waals surface area (Å²) in [7, 11) is 0. The van der Waals surface area contributed by atoms with E-state index in [4.69, 9.17) is 9.73 Å². The maximum absolute atomic E-state index is 13.6. The van der Waals surface area contributed by atoms with Crippen molar-refractivity contribution < 1.29 is 14.3 Å². The number of rotatable bonds is 5. The van der Waals surface area contributed by atoms with E-state index < -0.39 is 18.0 Å². The summed E-state index contributed by atoms with van der Waals surface area (Å²) >= 11 is 0. The van der Waals surface area contributed by atoms with Gasteiger partial charge in [0.25, 0.3) is 11.8 Å². The highest BCUT2D eigenvalue weighted by atomic mass is 16.5. The van der Waals surface area contributed by atoms with Gasteiger partial charge in [-0.1, -0.05) is 78.9 Å². The second-order valence-corrected chi connectivity index (χ2v) is 7.85. The molecule has 0 saturated heterocycles. The zero-order chi connectivity index (χ0) is 23.5. The highest BCUT2D eigenvalue weighted by Gasteiger charge is 2.28. The topological polar surface area (TPSA) is 79.8 Å². The van der Waals surface area contributed by atoms with Crippen molar-refractivity contribution in [2.75, 3.05) is 11.9 Å². The van der Waals surface area contributed by atoms with Gasteiger partial charge in [0.1, 0.15) is 5.75 Å². The number of nitrogens with zero attached hydrogens (tertiary/aromatic N) is 1. The molecule has 0 aromatic heterocycles. The molecule has 0 aliphatic carbocycles. The number of anilines is 1. The minimum absolute atomic E-state index is 0.381. The third-order valence-electron chi connectivity index (χ3n) is 5.68. The maximum atomic E-state index is 13.6. The number of aliphatic imine (C=N–C) groups is 1. The fraction of sp³-hybridized carbons (Fsp3) is 0.107. The van der Waals surface area contributed by atoms with Crippen molar-refractivity contribution in [3.05, 3.63) is 108 Å². The van der Waals surface area contributed by atoms with E-state index in [1.165, 1.54) is 0 Å². The molecule has 1 aliphatic rings. The van der Waals surface area contributed by atoms with E-state index in [1.54, 1.807) is 6.07 Å². The molecule has 4 aromatic rings. The van der Waals surface area contributed by atoms with Crippen molar-refractivity contribution in [1.82, 2.24) is 5.32 Å². The molecular formula is C28H23N3O3. The molecule has 1 heterocycles. The van der Waals surface area contributed by atoms with Gasteiger partial charge in [-0.25, -0.2) is 4.99 Å². The van der Waals surface area contributed by atoms with Crippen LogP contribution in [0, 0.1) is 0 Å². The van der Waals surface area contributed by atoms with Crippen LogP contribution in [0.25, 0.3) is 10.8 Å². The molecule has 6 nitrogen and oxygen atoms in total. The average molecular weight is 450 g/mol. The molecule has 2 N–H and O–H groups in total. The van der Waals surface area contributed by atoms with Crippen molar-refractivity contribution in [3.8, 4) is 5.75 Å². The lowest BCUT2D eigenvalue weighted by molar-refractivity contribution is -0.117. The number of fused-ring (bicyclic) bond motifs is 2. The summed E-state index contributed by atoms with van der Waals surface area (Å²) < 4.78 is 5.75. The lowest BCUT2D eigenvalue weighted by Gasteiger charge is -2.17. The quantitative estimate of drug-likeness (QED) is 0.460. The van der Waals surface area contributed by atoms with E-state index in [2.05, 4.69) is 10.6 Å². The van der Waals surface area contributed by atoms with E-state index in [0.29, 0.717) is 29.3 Å². The lowest BCUT2D eigenvalue weighted by Crippen LogP contribution is -2.42. The SMILES string of the molecule is CCOc1ccc2ccccc2c1C(=O)NC1N=C(c2ccccc2)c2ccccc2NC1=O. The Kier molecular flexibility index (Phi) is 5.79. The first-order chi connectivity index (χ1) is 16.7. The number of para-hydroxylation sites is 1. The average Bonchev–Trinajstić information content (AvgIpc) is 3.00. The highest BCUT2D eigenvalue weighted by Crippen LogP contribution is 2.29. The Morgan fingerprint density at radius 3 is 2.50 bits per heavy atom. The number of carbonyl (C=O) groups excluding carboxylic acids is 2. The number of hydrogen-bond donors (Lipinski definition) is 2. The number of nitrogens with one attached hydrogen (secondary N) is 2. The molecule has 1 aliphatic heterocycles. The monoisotopic (exact) mass is 449 g/mol. The number of benzene rings is 4. The molecular weight excluding hydrogens is 426 g/mol. The Morgan fingerprint density at radius 1 is 0.941 bits per heavy atom. The highest BCUT2D eigenvalue weighted by molar-refractivity contribution is 6.20. The van der Waals surface area contributed by atoms with Gasteiger partial charge < -0.3 is 15.4 Å². The van der Waals surface area contributed by atoms with E-state index in [0.717, 1.165) is 21.9 Å². The molecule has 1 unspecified atom stereocenters. The van der Waals surface area contributed by atoms with Gasteiger partial charge in [-0.3, -0.25) is 9.59 Å². The summed E-state index contributed by atoms with van der Waals surface area (Å²) in [5.41, 5.74) is 3.30. The van der Waals surface area contributed by atoms with Crippen LogP contribution in [0.4, 0.5) is 5.69 Å². The number of hydrogen-bond acceptors (Lipinski definition) is 4. The van der Waals surface area contributed by atoms with Crippen molar-refractivity contribution in [1.29, 1.82) is 0 Å². The Morgan fingerprint density at radius 2 is 1.68 bits per heavy atom. The first kappa shape index (κ1) is 21.4. The standard InChI is InChI=1S/C28H23N3O3/c1-2-34-23-17-16-18-10-6-7-13-20(18)24(23)27(32)31-26-28(33)29-22-15-9-8-14-21(22)25(30-26)19-11-4-3-5-12-19/h3-17,26H,2H2,1H3,(H,29,33)(H,31,32). The number of ether oxygens (including phenoxy) is 1. The largest absolute Gasteiger partial charge is 0.493 e. The van der Waals surface area contributed by atoms with Crippen LogP contribution >= 0.6 is 0 Å². The lowest BCUT2D eigenvalue weighted by atomic mass is 10.0. The summed E-state index contributed by atoms with van der Waals surface area (Å²) in [6.45, 7) is 2.28. The fourth-order valence-electron chi connectivity index (χ4n) is 4.14. The van der Waals surface area contributed by atoms with Crippen molar-refractivity contribution >= 4 is 34.0 Å². The van der Waals surface area contributed by atoms with Crippen LogP contribution in [0.3, 0.4) is 0 Å². The van der Waals surface area contributed by atoms with Gasteiger partial charge in [0.15, 0.2) is 0 Å². The third-order valence-corrected chi connectivity index (χ3v) is 5.68. The van der Waals surface area contributed by atoms with Crippen molar-refractivity contribution in [2.45, 2.75) is 13.1 Å². The third kappa shape index (κ3) is 4.01. The first-order valence-corrected chi connectivity index (χ1v) is 11.1. The molecule has 5 rings (SSSR count). The second-order valence-electron chi connectivity index (χ2n) is 7.85. The second kappa shape index (κ2) is 9.19. The zero-order valence-electron chi connectivity index (χ0n) is 18.6. The normalized spacial score (nSPS) is 15.0. The van der Waals surface area contributed by atoms with Gasteiger partial charge in [-0.15, -0.1) is 0 Å². The van der Waals surface area contributed by atoms with E-state index in [-0.39, 0.29) is 0 Å². The Bertz CT molecular complexity index is 1410. The Hall–Kier alpha value is -4.45. The van der Waals surface area contributed by atoms with Gasteiger partial charge in [-0.2, -0.15) is 0 Å². The Balaban J connectivity index is 1.58. The van der Waals surface area contributed by atoms with E-state index >= 15 is 0 Å². The van der Waals surface area contributed by atoms with E-state index in [1.807, 2.05) is 91.9 Å². The van der Waals surface area contributed by atoms with Crippen LogP contribution < -0.4 is 15.4 Å². The molecule has 2 amide bonds. The molecule has 0 spiro atoms. The molecule has 4 aromatic carbocycles. The molecule has 6 heteroatoms. The van der Waals surface area contributed by atoms with Crippen molar-refractivity contribution in [2.24, 2.45) is 4.99 Å². The van der Waals surface area contributed by atoms with Crippen LogP contribution in [0.15, 0.2) is 96.0 Å². The van der Waals surface area contributed by atoms with Gasteiger partial charge in [0.2, 0.25) is 6.17 Å². The van der Waals surface area contributed by atoms with Crippen molar-refractivity contribution in [3.63, 3.8) is 0 Å². The minimum Gasteiger partial charge on any atom is -0.493 e. The molecule has 0 fully saturated rings. The molecule has 168 valence electrons. The molecule has 0 saturated carbocycles. The first-order valence-electron chi connectivity index (χ1n) is 11.1. The van der Waals surface area contributed by atoms with E-state index in [9.17, 15) is 9.59 Å². The van der Waals surface area contributed by atoms with Gasteiger partial charge >= 0.3 is 0 Å². The predicted molar refractivity (Wildman–Crippen MR) is 134 cm³/mol. The predicted octanol–water partition coefficient (Wildman–Crippen LogP) is 4.78. The van der Waals surface area contributed by atoms with Crippen LogP contribution in [-0.4, -0.2) is 30.3 Å². The number of benzodiazepines with no additional fused rings is 1. The summed E-state index contributed by atoms with van der Waals surface area (Å²) in [6.07, 6.45) is -1.12. The van der Waals surface area contributed by atoms with Crippen LogP contribution in [0.1, 0.15) is 28.4 Å². The van der Waals surface area contributed by atoms with Crippen LogP contribution in [0.5, 0.6) is 5.75 Å². The molecule has 34 heavy (non-hydrogen) atoms. The van der Waals surface area contributed by atoms with Gasteiger partial charge in [0, 0.05) is 11.1 Å². The van der Waals surface area contributed by atoms with Crippen LogP contribution in [-0.2, 0) is 4.79 Å². The molecule has 0 bridgehead atoms. The molecule has 0 radical (unpaired) electrons. The van der Waals surface area contributed by atoms with Gasteiger partial charge in [0.05, 0.1) is 23.6 Å². The van der Waals surface area contributed by atoms with Gasteiger partial charge in [-0.05, 0) is 29.8 Å².